The summed E-state index contributed by atoms with van der Waals surface area (Å²) in [5, 5.41) is 0. The quantitative estimate of drug-likeness (QED) is 0.0366. The lowest BCUT2D eigenvalue weighted by Gasteiger charge is -2.64. The van der Waals surface area contributed by atoms with E-state index in [2.05, 4.69) is 91.1 Å². The third-order valence-electron chi connectivity index (χ3n) is 16.5. The van der Waals surface area contributed by atoms with Gasteiger partial charge in [0.1, 0.15) is 18.3 Å². The molecule has 0 unspecified atom stereocenters. The molecule has 4 aliphatic rings. The summed E-state index contributed by atoms with van der Waals surface area (Å²) in [5.74, 6) is 0.729. The van der Waals surface area contributed by atoms with Crippen LogP contribution in [0, 0.1) is 46.3 Å². The molecular weight excluding hydrogens is 807 g/mol. The fourth-order valence-corrected chi connectivity index (χ4v) is 12.9. The highest BCUT2D eigenvalue weighted by molar-refractivity contribution is 5.70. The van der Waals surface area contributed by atoms with Crippen molar-refractivity contribution >= 4 is 23.9 Å². The molecular formula is C53H98N3O8+3. The summed E-state index contributed by atoms with van der Waals surface area (Å²) in [6.45, 7) is 12.5. The van der Waals surface area contributed by atoms with Crippen LogP contribution in [0.15, 0.2) is 0 Å². The van der Waals surface area contributed by atoms with Crippen LogP contribution < -0.4 is 0 Å². The summed E-state index contributed by atoms with van der Waals surface area (Å²) >= 11 is 0. The molecule has 0 spiro atoms. The van der Waals surface area contributed by atoms with Crippen molar-refractivity contribution < 1.29 is 51.6 Å². The van der Waals surface area contributed by atoms with Crippen LogP contribution in [-0.4, -0.2) is 145 Å². The molecule has 0 N–H and O–H groups in total. The molecule has 11 nitrogen and oxygen atoms in total. The molecule has 64 heavy (non-hydrogen) atoms. The average molecular weight is 905 g/mol. The molecule has 0 aromatic rings. The van der Waals surface area contributed by atoms with Gasteiger partial charge in [0.25, 0.3) is 0 Å². The third kappa shape index (κ3) is 15.9. The predicted octanol–water partition coefficient (Wildman–Crippen LogP) is 9.38. The van der Waals surface area contributed by atoms with Crippen molar-refractivity contribution in [3.63, 3.8) is 0 Å². The maximum atomic E-state index is 14.0. The minimum atomic E-state index is -0.338. The second-order valence-corrected chi connectivity index (χ2v) is 24.8. The monoisotopic (exact) mass is 905 g/mol. The second-order valence-electron chi connectivity index (χ2n) is 24.8. The Morgan fingerprint density at radius 1 is 0.594 bits per heavy atom. The first-order chi connectivity index (χ1) is 29.9. The lowest BCUT2D eigenvalue weighted by atomic mass is 9.43. The van der Waals surface area contributed by atoms with Crippen molar-refractivity contribution in [3.8, 4) is 0 Å². The predicted molar refractivity (Wildman–Crippen MR) is 255 cm³/mol. The van der Waals surface area contributed by atoms with E-state index in [9.17, 15) is 19.2 Å². The Bertz CT molecular complexity index is 1500. The standard InChI is InChI=1S/C53H98N3O8/c1-14-15-16-17-18-19-35-61-47(57)29-26-39(2)42-27-28-43-51-44(38-46(53(42,43)4)64-50(60)25-22-34-56(11,12)13)52(3)31-30-41(62-48(58)23-20-32-54(5,6)7)36-40(52)37-45(51)63-49(59)24-21-33-55(8,9)10/h39-46,51H,14-38H2,1-13H3/q+3/t39-,40+,41-,42-,43+,44+,45-,46+,51+,52+,53-/m1/s1. The number of hydrogen-bond donors (Lipinski definition) is 0. The molecule has 370 valence electrons. The van der Waals surface area contributed by atoms with Crippen molar-refractivity contribution in [2.75, 3.05) is 89.7 Å². The summed E-state index contributed by atoms with van der Waals surface area (Å²) in [6, 6.07) is 0. The lowest BCUT2D eigenvalue weighted by Crippen LogP contribution is -2.63. The minimum absolute atomic E-state index is 0.0803. The molecule has 11 atom stereocenters. The molecule has 0 aromatic heterocycles. The van der Waals surface area contributed by atoms with E-state index in [4.69, 9.17) is 18.9 Å². The van der Waals surface area contributed by atoms with Gasteiger partial charge >= 0.3 is 23.9 Å². The van der Waals surface area contributed by atoms with Gasteiger partial charge in [-0.25, -0.2) is 0 Å². The molecule has 0 saturated heterocycles. The van der Waals surface area contributed by atoms with E-state index in [1.54, 1.807) is 0 Å². The molecule has 0 radical (unpaired) electrons. The van der Waals surface area contributed by atoms with E-state index in [1.165, 1.54) is 25.7 Å². The molecule has 0 aliphatic heterocycles. The van der Waals surface area contributed by atoms with E-state index in [0.717, 1.165) is 117 Å². The maximum Gasteiger partial charge on any atom is 0.306 e. The maximum absolute atomic E-state index is 14.0. The molecule has 0 heterocycles. The van der Waals surface area contributed by atoms with Gasteiger partial charge < -0.3 is 32.4 Å². The fraction of sp³-hybridized carbons (Fsp3) is 0.925. The van der Waals surface area contributed by atoms with Crippen LogP contribution in [0.2, 0.25) is 0 Å². The van der Waals surface area contributed by atoms with Crippen LogP contribution >= 0.6 is 0 Å². The third-order valence-corrected chi connectivity index (χ3v) is 16.5. The number of unbranched alkanes of at least 4 members (excludes halogenated alkanes) is 5. The van der Waals surface area contributed by atoms with Crippen LogP contribution in [0.1, 0.15) is 163 Å². The van der Waals surface area contributed by atoms with Gasteiger partial charge in [0, 0.05) is 37.0 Å². The summed E-state index contributed by atoms with van der Waals surface area (Å²) in [5.41, 5.74) is -0.419. The summed E-state index contributed by atoms with van der Waals surface area (Å²) in [7, 11) is 19.4. The zero-order valence-electron chi connectivity index (χ0n) is 43.5. The number of fused-ring (bicyclic) bond motifs is 5. The van der Waals surface area contributed by atoms with Gasteiger partial charge in [-0.3, -0.25) is 19.2 Å². The van der Waals surface area contributed by atoms with E-state index in [0.29, 0.717) is 32.3 Å². The Balaban J connectivity index is 1.60. The zero-order valence-corrected chi connectivity index (χ0v) is 43.5. The van der Waals surface area contributed by atoms with Gasteiger partial charge in [-0.15, -0.1) is 0 Å². The van der Waals surface area contributed by atoms with Gasteiger partial charge in [-0.2, -0.15) is 0 Å². The second kappa shape index (κ2) is 23.7. The number of quaternary nitrogens is 3. The minimum Gasteiger partial charge on any atom is -0.466 e. The number of carbonyl (C=O) groups excluding carboxylic acids is 4. The van der Waals surface area contributed by atoms with E-state index in [-0.39, 0.29) is 88.5 Å². The Morgan fingerprint density at radius 2 is 1.14 bits per heavy atom. The van der Waals surface area contributed by atoms with Gasteiger partial charge in [-0.1, -0.05) is 59.8 Å². The smallest absolute Gasteiger partial charge is 0.306 e. The molecule has 4 fully saturated rings. The number of rotatable bonds is 26. The SMILES string of the molecule is CCCCCCCCOC(=O)CC[C@@H](C)[C@H]1CC[C@H]2[C@@H]3[C@H](OC(=O)CCC[N+](C)(C)C)C[C@@H]4C[C@H](OC(=O)CCC[N+](C)(C)C)CC[C@]4(C)[C@H]3C[C@H](OC(=O)CCC[N+](C)(C)C)[C@]12C. The number of nitrogens with zero attached hydrogens (tertiary/aromatic N) is 3. The van der Waals surface area contributed by atoms with Crippen molar-refractivity contribution in [2.24, 2.45) is 46.3 Å². The number of esters is 4. The van der Waals surface area contributed by atoms with Crippen LogP contribution in [0.25, 0.3) is 0 Å². The molecule has 4 rings (SSSR count). The highest BCUT2D eigenvalue weighted by atomic mass is 16.6. The number of ether oxygens (including phenoxy) is 4. The Morgan fingerprint density at radius 3 is 1.72 bits per heavy atom. The van der Waals surface area contributed by atoms with Crippen molar-refractivity contribution in [1.82, 2.24) is 0 Å². The van der Waals surface area contributed by atoms with Crippen molar-refractivity contribution in [2.45, 2.75) is 181 Å². The zero-order chi connectivity index (χ0) is 47.5. The Kier molecular flexibility index (Phi) is 20.1. The van der Waals surface area contributed by atoms with Crippen LogP contribution in [0.5, 0.6) is 0 Å². The molecule has 0 aromatic carbocycles. The highest BCUT2D eigenvalue weighted by Gasteiger charge is 2.67. The average Bonchev–Trinajstić information content (AvgIpc) is 3.54. The largest absolute Gasteiger partial charge is 0.466 e. The van der Waals surface area contributed by atoms with Crippen molar-refractivity contribution in [1.29, 1.82) is 0 Å². The molecule has 0 amide bonds. The molecule has 0 bridgehead atoms. The highest BCUT2D eigenvalue weighted by Crippen LogP contribution is 2.69. The van der Waals surface area contributed by atoms with Gasteiger partial charge in [0.05, 0.1) is 109 Å². The summed E-state index contributed by atoms with van der Waals surface area (Å²) in [6.07, 6.45) is 16.9. The number of hydrogen-bond acceptors (Lipinski definition) is 8. The van der Waals surface area contributed by atoms with E-state index in [1.807, 2.05) is 0 Å². The Hall–Kier alpha value is -2.24. The molecule has 4 saturated carbocycles. The van der Waals surface area contributed by atoms with Gasteiger partial charge in [0.15, 0.2) is 0 Å². The normalized spacial score (nSPS) is 31.0. The summed E-state index contributed by atoms with van der Waals surface area (Å²) in [4.78, 5) is 54.1. The van der Waals surface area contributed by atoms with Crippen molar-refractivity contribution in [3.05, 3.63) is 0 Å². The van der Waals surface area contributed by atoms with Crippen LogP contribution in [0.4, 0.5) is 0 Å². The van der Waals surface area contributed by atoms with Crippen LogP contribution in [-0.2, 0) is 38.1 Å². The number of carbonyl (C=O) groups is 4. The molecule has 4 aliphatic carbocycles. The van der Waals surface area contributed by atoms with Gasteiger partial charge in [-0.05, 0) is 92.8 Å². The first-order valence-corrected chi connectivity index (χ1v) is 26.0. The van der Waals surface area contributed by atoms with E-state index < -0.39 is 0 Å². The first kappa shape index (κ1) is 54.4. The van der Waals surface area contributed by atoms with Gasteiger partial charge in [0.2, 0.25) is 0 Å². The van der Waals surface area contributed by atoms with Crippen LogP contribution in [0.3, 0.4) is 0 Å². The fourth-order valence-electron chi connectivity index (χ4n) is 12.9. The lowest BCUT2D eigenvalue weighted by molar-refractivity contribution is -0.870. The summed E-state index contributed by atoms with van der Waals surface area (Å²) < 4.78 is 27.9. The van der Waals surface area contributed by atoms with E-state index >= 15 is 0 Å². The molecule has 11 heteroatoms. The topological polar surface area (TPSA) is 105 Å². The Labute approximate surface area is 391 Å². The first-order valence-electron chi connectivity index (χ1n) is 26.0.